The number of amides is 1. The van der Waals surface area contributed by atoms with Crippen molar-refractivity contribution >= 4 is 21.8 Å². The number of piperidine rings is 1. The van der Waals surface area contributed by atoms with E-state index in [1.807, 2.05) is 25.1 Å². The van der Waals surface area contributed by atoms with E-state index in [0.717, 1.165) is 28.4 Å². The predicted molar refractivity (Wildman–Crippen MR) is 79.3 cm³/mol. The van der Waals surface area contributed by atoms with Gasteiger partial charge in [-0.3, -0.25) is 4.79 Å². The van der Waals surface area contributed by atoms with Gasteiger partial charge in [0.15, 0.2) is 0 Å². The molecule has 1 amide bonds. The Morgan fingerprint density at radius 3 is 2.68 bits per heavy atom. The van der Waals surface area contributed by atoms with Gasteiger partial charge in [0.1, 0.15) is 0 Å². The van der Waals surface area contributed by atoms with Crippen LogP contribution < -0.4 is 10.6 Å². The number of halogens is 1. The Bertz CT molecular complexity index is 491. The second-order valence-electron chi connectivity index (χ2n) is 5.69. The SMILES string of the molecule is Cc1c(Br)cccc1C(=O)NC1C[C@H]2CC[C@@H](C1)N2. The topological polar surface area (TPSA) is 41.1 Å². The molecule has 2 aliphatic rings. The summed E-state index contributed by atoms with van der Waals surface area (Å²) in [4.78, 5) is 12.4. The third kappa shape index (κ3) is 2.70. The molecule has 0 aliphatic carbocycles. The molecule has 1 aromatic rings. The van der Waals surface area contributed by atoms with Crippen molar-refractivity contribution < 1.29 is 4.79 Å². The van der Waals surface area contributed by atoms with Crippen LogP contribution in [0.4, 0.5) is 0 Å². The van der Waals surface area contributed by atoms with Crippen LogP contribution in [0.2, 0.25) is 0 Å². The Balaban J connectivity index is 1.70. The molecule has 3 atom stereocenters. The molecule has 0 radical (unpaired) electrons. The molecule has 2 heterocycles. The van der Waals surface area contributed by atoms with Gasteiger partial charge >= 0.3 is 0 Å². The van der Waals surface area contributed by atoms with Gasteiger partial charge in [0.05, 0.1) is 0 Å². The van der Waals surface area contributed by atoms with E-state index < -0.39 is 0 Å². The van der Waals surface area contributed by atoms with Crippen LogP contribution in [0, 0.1) is 6.92 Å². The van der Waals surface area contributed by atoms with Crippen LogP contribution in [-0.2, 0) is 0 Å². The van der Waals surface area contributed by atoms with E-state index in [9.17, 15) is 4.79 Å². The van der Waals surface area contributed by atoms with E-state index in [2.05, 4.69) is 26.6 Å². The van der Waals surface area contributed by atoms with Gasteiger partial charge in [0.25, 0.3) is 5.91 Å². The Hall–Kier alpha value is -0.870. The standard InChI is InChI=1S/C15H19BrN2O/c1-9-13(3-2-4-14(9)16)15(19)18-12-7-10-5-6-11(8-12)17-10/h2-4,10-12,17H,5-8H2,1H3,(H,18,19)/t10-,11+,12?. The van der Waals surface area contributed by atoms with Crippen molar-refractivity contribution in [2.45, 2.75) is 50.7 Å². The second kappa shape index (κ2) is 5.25. The van der Waals surface area contributed by atoms with Crippen molar-refractivity contribution in [2.24, 2.45) is 0 Å². The lowest BCUT2D eigenvalue weighted by Gasteiger charge is -2.29. The molecule has 3 rings (SSSR count). The summed E-state index contributed by atoms with van der Waals surface area (Å²) in [6.07, 6.45) is 4.64. The molecule has 2 aliphatic heterocycles. The van der Waals surface area contributed by atoms with Gasteiger partial charge < -0.3 is 10.6 Å². The molecule has 102 valence electrons. The summed E-state index contributed by atoms with van der Waals surface area (Å²) < 4.78 is 0.991. The Kier molecular flexibility index (Phi) is 3.63. The first kappa shape index (κ1) is 13.1. The fraction of sp³-hybridized carbons (Fsp3) is 0.533. The van der Waals surface area contributed by atoms with E-state index in [-0.39, 0.29) is 5.91 Å². The normalized spacial score (nSPS) is 29.3. The van der Waals surface area contributed by atoms with Gasteiger partial charge in [-0.2, -0.15) is 0 Å². The number of hydrogen-bond acceptors (Lipinski definition) is 2. The zero-order valence-corrected chi connectivity index (χ0v) is 12.7. The maximum atomic E-state index is 12.4. The largest absolute Gasteiger partial charge is 0.349 e. The monoisotopic (exact) mass is 322 g/mol. The van der Waals surface area contributed by atoms with Crippen LogP contribution in [0.3, 0.4) is 0 Å². The van der Waals surface area contributed by atoms with Crippen molar-refractivity contribution in [3.63, 3.8) is 0 Å². The molecule has 2 bridgehead atoms. The average Bonchev–Trinajstić information content (AvgIpc) is 2.72. The quantitative estimate of drug-likeness (QED) is 0.879. The molecular weight excluding hydrogens is 304 g/mol. The minimum Gasteiger partial charge on any atom is -0.349 e. The molecule has 19 heavy (non-hydrogen) atoms. The molecule has 3 nitrogen and oxygen atoms in total. The van der Waals surface area contributed by atoms with Gasteiger partial charge in [-0.05, 0) is 50.3 Å². The number of hydrogen-bond donors (Lipinski definition) is 2. The van der Waals surface area contributed by atoms with Gasteiger partial charge in [-0.15, -0.1) is 0 Å². The highest BCUT2D eigenvalue weighted by atomic mass is 79.9. The van der Waals surface area contributed by atoms with Gasteiger partial charge in [-0.25, -0.2) is 0 Å². The molecule has 0 spiro atoms. The molecule has 4 heteroatoms. The van der Waals surface area contributed by atoms with Gasteiger partial charge in [0, 0.05) is 28.2 Å². The highest BCUT2D eigenvalue weighted by Crippen LogP contribution is 2.27. The number of benzene rings is 1. The van der Waals surface area contributed by atoms with Crippen molar-refractivity contribution in [3.05, 3.63) is 33.8 Å². The Morgan fingerprint density at radius 1 is 1.32 bits per heavy atom. The number of fused-ring (bicyclic) bond motifs is 2. The molecule has 2 fully saturated rings. The summed E-state index contributed by atoms with van der Waals surface area (Å²) in [6, 6.07) is 7.31. The van der Waals surface area contributed by atoms with Crippen LogP contribution >= 0.6 is 15.9 Å². The first-order valence-corrected chi connectivity index (χ1v) is 7.75. The zero-order valence-electron chi connectivity index (χ0n) is 11.1. The summed E-state index contributed by atoms with van der Waals surface area (Å²) in [6.45, 7) is 1.98. The number of rotatable bonds is 2. The minimum absolute atomic E-state index is 0.0603. The van der Waals surface area contributed by atoms with Gasteiger partial charge in [0.2, 0.25) is 0 Å². The van der Waals surface area contributed by atoms with Crippen molar-refractivity contribution in [1.82, 2.24) is 10.6 Å². The van der Waals surface area contributed by atoms with Crippen molar-refractivity contribution in [2.75, 3.05) is 0 Å². The lowest BCUT2D eigenvalue weighted by atomic mass is 9.99. The number of carbonyl (C=O) groups excluding carboxylic acids is 1. The highest BCUT2D eigenvalue weighted by Gasteiger charge is 2.34. The Morgan fingerprint density at radius 2 is 2.00 bits per heavy atom. The first-order valence-electron chi connectivity index (χ1n) is 6.95. The van der Waals surface area contributed by atoms with Crippen LogP contribution in [0.25, 0.3) is 0 Å². The average molecular weight is 323 g/mol. The van der Waals surface area contributed by atoms with Crippen LogP contribution in [-0.4, -0.2) is 24.0 Å². The molecule has 0 aromatic heterocycles. The highest BCUT2D eigenvalue weighted by molar-refractivity contribution is 9.10. The molecule has 2 N–H and O–H groups in total. The summed E-state index contributed by atoms with van der Waals surface area (Å²) in [5, 5.41) is 6.80. The van der Waals surface area contributed by atoms with Gasteiger partial charge in [-0.1, -0.05) is 22.0 Å². The molecule has 1 aromatic carbocycles. The second-order valence-corrected chi connectivity index (χ2v) is 6.55. The molecular formula is C15H19BrN2O. The van der Waals surface area contributed by atoms with Crippen molar-refractivity contribution in [3.8, 4) is 0 Å². The smallest absolute Gasteiger partial charge is 0.251 e. The van der Waals surface area contributed by atoms with Crippen LogP contribution in [0.15, 0.2) is 22.7 Å². The van der Waals surface area contributed by atoms with Crippen molar-refractivity contribution in [1.29, 1.82) is 0 Å². The maximum Gasteiger partial charge on any atom is 0.251 e. The fourth-order valence-electron chi connectivity index (χ4n) is 3.29. The fourth-order valence-corrected chi connectivity index (χ4v) is 3.66. The predicted octanol–water partition coefficient (Wildman–Crippen LogP) is 2.77. The minimum atomic E-state index is 0.0603. The van der Waals surface area contributed by atoms with Crippen LogP contribution in [0.1, 0.15) is 41.6 Å². The molecule has 0 saturated carbocycles. The lowest BCUT2D eigenvalue weighted by Crippen LogP contribution is -2.48. The number of carbonyl (C=O) groups is 1. The zero-order chi connectivity index (χ0) is 13.4. The van der Waals surface area contributed by atoms with E-state index in [4.69, 9.17) is 0 Å². The first-order chi connectivity index (χ1) is 9.13. The maximum absolute atomic E-state index is 12.4. The van der Waals surface area contributed by atoms with E-state index in [1.165, 1.54) is 12.8 Å². The van der Waals surface area contributed by atoms with Crippen LogP contribution in [0.5, 0.6) is 0 Å². The molecule has 2 saturated heterocycles. The summed E-state index contributed by atoms with van der Waals surface area (Å²) in [5.41, 5.74) is 1.79. The third-order valence-corrected chi connectivity index (χ3v) is 5.18. The Labute approximate surface area is 122 Å². The summed E-state index contributed by atoms with van der Waals surface area (Å²) >= 11 is 3.48. The third-order valence-electron chi connectivity index (χ3n) is 4.32. The van der Waals surface area contributed by atoms with E-state index >= 15 is 0 Å². The van der Waals surface area contributed by atoms with E-state index in [0.29, 0.717) is 18.1 Å². The number of nitrogens with one attached hydrogen (secondary N) is 2. The van der Waals surface area contributed by atoms with E-state index in [1.54, 1.807) is 0 Å². The summed E-state index contributed by atoms with van der Waals surface area (Å²) in [7, 11) is 0. The summed E-state index contributed by atoms with van der Waals surface area (Å²) in [5.74, 6) is 0.0603. The molecule has 1 unspecified atom stereocenters. The lowest BCUT2D eigenvalue weighted by molar-refractivity contribution is 0.0923.